The Hall–Kier alpha value is -2.90. The van der Waals surface area contributed by atoms with E-state index in [2.05, 4.69) is 15.5 Å². The number of hydrazone groups is 1. The maximum Gasteiger partial charge on any atom is 0.350 e. The number of hydrogen-bond acceptors (Lipinski definition) is 7. The van der Waals surface area contributed by atoms with Crippen LogP contribution in [0.25, 0.3) is 0 Å². The second-order valence-corrected chi connectivity index (χ2v) is 7.41. The molecule has 0 saturated heterocycles. The van der Waals surface area contributed by atoms with E-state index in [1.807, 2.05) is 48.5 Å². The summed E-state index contributed by atoms with van der Waals surface area (Å²) in [5.74, 6) is 0.330. The number of para-hydroxylation sites is 1. The number of ether oxygens (including phenoxy) is 2. The molecule has 0 unspecified atom stereocenters. The highest BCUT2D eigenvalue weighted by Crippen LogP contribution is 2.24. The Balaban J connectivity index is 1.64. The SMILES string of the molecule is CCOC(=O)c1sc(NN=Cc2ccccc2OCc2ccc(Cl)cc2)nc1C. The van der Waals surface area contributed by atoms with E-state index in [0.29, 0.717) is 39.7 Å². The van der Waals surface area contributed by atoms with Crippen LogP contribution in [-0.2, 0) is 11.3 Å². The van der Waals surface area contributed by atoms with Crippen molar-refractivity contribution in [3.63, 3.8) is 0 Å². The van der Waals surface area contributed by atoms with Crippen LogP contribution in [-0.4, -0.2) is 23.8 Å². The molecule has 3 rings (SSSR count). The molecule has 0 aliphatic heterocycles. The normalized spacial score (nSPS) is 10.9. The molecule has 6 nitrogen and oxygen atoms in total. The highest BCUT2D eigenvalue weighted by atomic mass is 35.5. The van der Waals surface area contributed by atoms with Crippen LogP contribution in [0.3, 0.4) is 0 Å². The van der Waals surface area contributed by atoms with Gasteiger partial charge in [0.1, 0.15) is 17.2 Å². The maximum atomic E-state index is 11.9. The molecule has 0 aliphatic rings. The van der Waals surface area contributed by atoms with E-state index in [1.165, 1.54) is 11.3 Å². The number of aromatic nitrogens is 1. The van der Waals surface area contributed by atoms with Gasteiger partial charge in [-0.25, -0.2) is 9.78 Å². The zero-order chi connectivity index (χ0) is 20.6. The van der Waals surface area contributed by atoms with Gasteiger partial charge in [0.15, 0.2) is 0 Å². The summed E-state index contributed by atoms with van der Waals surface area (Å²) < 4.78 is 10.9. The summed E-state index contributed by atoms with van der Waals surface area (Å²) in [5.41, 5.74) is 5.30. The van der Waals surface area contributed by atoms with E-state index < -0.39 is 0 Å². The molecule has 0 amide bonds. The Morgan fingerprint density at radius 3 is 2.76 bits per heavy atom. The molecule has 2 aromatic carbocycles. The first-order chi connectivity index (χ1) is 14.1. The van der Waals surface area contributed by atoms with Crippen molar-refractivity contribution in [1.29, 1.82) is 0 Å². The van der Waals surface area contributed by atoms with Gasteiger partial charge in [-0.05, 0) is 43.7 Å². The maximum absolute atomic E-state index is 11.9. The third-order valence-corrected chi connectivity index (χ3v) is 5.14. The molecule has 0 fully saturated rings. The van der Waals surface area contributed by atoms with Gasteiger partial charge in [0.25, 0.3) is 0 Å². The molecule has 0 radical (unpaired) electrons. The first kappa shape index (κ1) is 20.8. The van der Waals surface area contributed by atoms with Crippen LogP contribution in [0.15, 0.2) is 53.6 Å². The van der Waals surface area contributed by atoms with E-state index in [4.69, 9.17) is 21.1 Å². The first-order valence-corrected chi connectivity index (χ1v) is 10.2. The summed E-state index contributed by atoms with van der Waals surface area (Å²) in [5, 5.41) is 5.43. The minimum absolute atomic E-state index is 0.323. The number of carbonyl (C=O) groups excluding carboxylic acids is 1. The largest absolute Gasteiger partial charge is 0.488 e. The lowest BCUT2D eigenvalue weighted by Gasteiger charge is -2.09. The summed E-state index contributed by atoms with van der Waals surface area (Å²) >= 11 is 7.11. The lowest BCUT2D eigenvalue weighted by molar-refractivity contribution is 0.0531. The number of aryl methyl sites for hydroxylation is 1. The molecule has 29 heavy (non-hydrogen) atoms. The average molecular weight is 430 g/mol. The number of benzene rings is 2. The van der Waals surface area contributed by atoms with Gasteiger partial charge in [-0.15, -0.1) is 0 Å². The molecular formula is C21H20ClN3O3S. The molecular weight excluding hydrogens is 410 g/mol. The van der Waals surface area contributed by atoms with Crippen molar-refractivity contribution in [3.05, 3.63) is 75.3 Å². The standard InChI is InChI=1S/C21H20ClN3O3S/c1-3-27-20(26)19-14(2)24-21(29-19)25-23-12-16-6-4-5-7-18(16)28-13-15-8-10-17(22)11-9-15/h4-12H,3,13H2,1-2H3,(H,24,25). The summed E-state index contributed by atoms with van der Waals surface area (Å²) in [6.45, 7) is 4.27. The minimum atomic E-state index is -0.375. The van der Waals surface area contributed by atoms with Crippen LogP contribution >= 0.6 is 22.9 Å². The lowest BCUT2D eigenvalue weighted by Crippen LogP contribution is -2.03. The molecule has 0 bridgehead atoms. The monoisotopic (exact) mass is 429 g/mol. The number of anilines is 1. The first-order valence-electron chi connectivity index (χ1n) is 8.96. The minimum Gasteiger partial charge on any atom is -0.488 e. The van der Waals surface area contributed by atoms with Crippen LogP contribution in [0.4, 0.5) is 5.13 Å². The number of esters is 1. The van der Waals surface area contributed by atoms with E-state index in [9.17, 15) is 4.79 Å². The van der Waals surface area contributed by atoms with E-state index in [0.717, 1.165) is 11.1 Å². The van der Waals surface area contributed by atoms with Gasteiger partial charge in [0.05, 0.1) is 18.5 Å². The Morgan fingerprint density at radius 2 is 2.00 bits per heavy atom. The third kappa shape index (κ3) is 5.79. The molecule has 0 aliphatic carbocycles. The predicted molar refractivity (Wildman–Crippen MR) is 116 cm³/mol. The van der Waals surface area contributed by atoms with Crippen molar-refractivity contribution < 1.29 is 14.3 Å². The lowest BCUT2D eigenvalue weighted by atomic mass is 10.2. The number of nitrogens with one attached hydrogen (secondary N) is 1. The van der Waals surface area contributed by atoms with Crippen molar-refractivity contribution in [2.24, 2.45) is 5.10 Å². The fraction of sp³-hybridized carbons (Fsp3) is 0.190. The fourth-order valence-electron chi connectivity index (χ4n) is 2.45. The van der Waals surface area contributed by atoms with Crippen LogP contribution in [0.1, 0.15) is 33.4 Å². The molecule has 150 valence electrons. The van der Waals surface area contributed by atoms with Gasteiger partial charge in [0.2, 0.25) is 5.13 Å². The van der Waals surface area contributed by atoms with Crippen LogP contribution in [0.2, 0.25) is 5.02 Å². The molecule has 0 saturated carbocycles. The quantitative estimate of drug-likeness (QED) is 0.298. The second kappa shape index (κ2) is 10.0. The van der Waals surface area contributed by atoms with Gasteiger partial charge in [0, 0.05) is 10.6 Å². The van der Waals surface area contributed by atoms with E-state index >= 15 is 0 Å². The van der Waals surface area contributed by atoms with Gasteiger partial charge in [-0.1, -0.05) is 47.2 Å². The fourth-order valence-corrected chi connectivity index (χ4v) is 3.38. The van der Waals surface area contributed by atoms with Crippen LogP contribution < -0.4 is 10.2 Å². The third-order valence-electron chi connectivity index (χ3n) is 3.85. The Kier molecular flexibility index (Phi) is 7.21. The number of halogens is 1. The Morgan fingerprint density at radius 1 is 1.24 bits per heavy atom. The topological polar surface area (TPSA) is 72.8 Å². The highest BCUT2D eigenvalue weighted by Gasteiger charge is 2.16. The van der Waals surface area contributed by atoms with Gasteiger partial charge < -0.3 is 9.47 Å². The van der Waals surface area contributed by atoms with Crippen LogP contribution in [0.5, 0.6) is 5.75 Å². The Labute approximate surface area is 178 Å². The molecule has 0 spiro atoms. The zero-order valence-electron chi connectivity index (χ0n) is 16.0. The molecule has 1 aromatic heterocycles. The molecule has 1 heterocycles. The number of thiazole rings is 1. The highest BCUT2D eigenvalue weighted by molar-refractivity contribution is 7.17. The summed E-state index contributed by atoms with van der Waals surface area (Å²) in [6.07, 6.45) is 1.65. The van der Waals surface area contributed by atoms with Crippen LogP contribution in [0, 0.1) is 6.92 Å². The average Bonchev–Trinajstić information content (AvgIpc) is 3.09. The van der Waals surface area contributed by atoms with Crippen molar-refractivity contribution in [1.82, 2.24) is 4.98 Å². The molecule has 3 aromatic rings. The van der Waals surface area contributed by atoms with Gasteiger partial charge >= 0.3 is 5.97 Å². The smallest absolute Gasteiger partial charge is 0.350 e. The number of nitrogens with zero attached hydrogens (tertiary/aromatic N) is 2. The zero-order valence-corrected chi connectivity index (χ0v) is 17.6. The Bertz CT molecular complexity index is 1000. The van der Waals surface area contributed by atoms with Crippen molar-refractivity contribution in [3.8, 4) is 5.75 Å². The number of carbonyl (C=O) groups is 1. The molecule has 8 heteroatoms. The predicted octanol–water partition coefficient (Wildman–Crippen LogP) is 5.31. The second-order valence-electron chi connectivity index (χ2n) is 5.98. The van der Waals surface area contributed by atoms with Gasteiger partial charge in [-0.2, -0.15) is 5.10 Å². The van der Waals surface area contributed by atoms with E-state index in [-0.39, 0.29) is 5.97 Å². The molecule has 0 atom stereocenters. The molecule has 1 N–H and O–H groups in total. The summed E-state index contributed by atoms with van der Waals surface area (Å²) in [6, 6.07) is 15.1. The number of rotatable bonds is 8. The number of hydrogen-bond donors (Lipinski definition) is 1. The summed E-state index contributed by atoms with van der Waals surface area (Å²) in [7, 11) is 0. The van der Waals surface area contributed by atoms with E-state index in [1.54, 1.807) is 20.1 Å². The summed E-state index contributed by atoms with van der Waals surface area (Å²) in [4.78, 5) is 16.7. The van der Waals surface area contributed by atoms with Crippen molar-refractivity contribution in [2.75, 3.05) is 12.0 Å². The van der Waals surface area contributed by atoms with Crippen molar-refractivity contribution >= 4 is 40.3 Å². The van der Waals surface area contributed by atoms with Gasteiger partial charge in [-0.3, -0.25) is 5.43 Å². The van der Waals surface area contributed by atoms with Crippen molar-refractivity contribution in [2.45, 2.75) is 20.5 Å².